The Labute approximate surface area is 269 Å². The van der Waals surface area contributed by atoms with Crippen LogP contribution >= 0.6 is 0 Å². The number of ether oxygens (including phenoxy) is 2. The molecule has 12 nitrogen and oxygen atoms in total. The molecule has 2 heterocycles. The number of amides is 4. The Morgan fingerprint density at radius 3 is 2.24 bits per heavy atom. The van der Waals surface area contributed by atoms with E-state index in [-0.39, 0.29) is 56.1 Å². The molecule has 1 saturated heterocycles. The predicted octanol–water partition coefficient (Wildman–Crippen LogP) is 3.56. The Balaban J connectivity index is 1.46. The number of aromatic nitrogens is 1. The van der Waals surface area contributed by atoms with Crippen LogP contribution in [0.5, 0.6) is 0 Å². The molecular weight excluding hydrogens is 597 g/mol. The number of carbonyl (C=O) groups is 5. The van der Waals surface area contributed by atoms with E-state index in [0.29, 0.717) is 10.9 Å². The van der Waals surface area contributed by atoms with Crippen molar-refractivity contribution < 1.29 is 37.8 Å². The number of esters is 1. The minimum atomic E-state index is -0.867. The molecule has 1 aliphatic heterocycles. The van der Waals surface area contributed by atoms with Gasteiger partial charge >= 0.3 is 12.1 Å². The highest BCUT2D eigenvalue weighted by atomic mass is 19.1. The molecular formula is C33H46FN5O7. The van der Waals surface area contributed by atoms with Gasteiger partial charge in [-0.2, -0.15) is 0 Å². The van der Waals surface area contributed by atoms with Crippen LogP contribution in [-0.4, -0.2) is 107 Å². The van der Waals surface area contributed by atoms with Gasteiger partial charge in [0.25, 0.3) is 5.91 Å². The average Bonchev–Trinajstić information content (AvgIpc) is 3.38. The number of rotatable bonds is 8. The molecule has 2 aromatic rings. The SMILES string of the molecule is COC(=O)Cn1c(C(=O)N2CCN(C(=O)C(NC(=O)C(C)N(C)C(=O)OC(C)(C)C)C3CCCCC3)CC2)cc2cc(F)ccc21. The van der Waals surface area contributed by atoms with Crippen LogP contribution in [0.1, 0.15) is 70.3 Å². The first-order valence-electron chi connectivity index (χ1n) is 15.9. The van der Waals surface area contributed by atoms with Crippen molar-refractivity contribution in [2.45, 2.75) is 84.0 Å². The van der Waals surface area contributed by atoms with Crippen LogP contribution in [0.2, 0.25) is 0 Å². The number of hydrogen-bond acceptors (Lipinski definition) is 7. The molecule has 1 aromatic heterocycles. The Hall–Kier alpha value is -4.16. The summed E-state index contributed by atoms with van der Waals surface area (Å²) in [6.07, 6.45) is 3.97. The number of nitrogens with zero attached hydrogens (tertiary/aromatic N) is 4. The number of nitrogens with one attached hydrogen (secondary N) is 1. The van der Waals surface area contributed by atoms with Gasteiger partial charge in [-0.1, -0.05) is 19.3 Å². The summed E-state index contributed by atoms with van der Waals surface area (Å²) in [6, 6.07) is 4.03. The zero-order chi connectivity index (χ0) is 33.8. The normalized spacial score (nSPS) is 17.3. The van der Waals surface area contributed by atoms with Gasteiger partial charge in [0.05, 0.1) is 7.11 Å². The highest BCUT2D eigenvalue weighted by Crippen LogP contribution is 2.28. The molecule has 2 atom stereocenters. The lowest BCUT2D eigenvalue weighted by Crippen LogP contribution is -2.59. The number of methoxy groups -OCH3 is 1. The van der Waals surface area contributed by atoms with Gasteiger partial charge in [0.15, 0.2) is 0 Å². The predicted molar refractivity (Wildman–Crippen MR) is 168 cm³/mol. The van der Waals surface area contributed by atoms with E-state index in [1.807, 2.05) is 0 Å². The summed E-state index contributed by atoms with van der Waals surface area (Å²) in [4.78, 5) is 70.3. The molecule has 4 amide bonds. The van der Waals surface area contributed by atoms with Gasteiger partial charge in [-0.05, 0) is 70.7 Å². The number of halogens is 1. The maximum absolute atomic E-state index is 14.0. The quantitative estimate of drug-likeness (QED) is 0.436. The Bertz CT molecular complexity index is 1450. The molecule has 1 N–H and O–H groups in total. The van der Waals surface area contributed by atoms with E-state index in [9.17, 15) is 28.4 Å². The van der Waals surface area contributed by atoms with Gasteiger partial charge in [0.2, 0.25) is 11.8 Å². The number of benzene rings is 1. The van der Waals surface area contributed by atoms with E-state index < -0.39 is 41.5 Å². The molecule has 0 bridgehead atoms. The van der Waals surface area contributed by atoms with Crippen molar-refractivity contribution in [3.05, 3.63) is 35.8 Å². The van der Waals surface area contributed by atoms with Crippen molar-refractivity contribution in [2.75, 3.05) is 40.3 Å². The van der Waals surface area contributed by atoms with Gasteiger partial charge in [0.1, 0.15) is 35.7 Å². The first kappa shape index (κ1) is 34.7. The van der Waals surface area contributed by atoms with Crippen LogP contribution in [0.25, 0.3) is 10.9 Å². The van der Waals surface area contributed by atoms with Crippen molar-refractivity contribution in [3.8, 4) is 0 Å². The van der Waals surface area contributed by atoms with Crippen LogP contribution < -0.4 is 5.32 Å². The van der Waals surface area contributed by atoms with Gasteiger partial charge in [-0.15, -0.1) is 0 Å². The fourth-order valence-electron chi connectivity index (χ4n) is 6.06. The lowest BCUT2D eigenvalue weighted by Gasteiger charge is -2.39. The number of likely N-dealkylation sites (N-methyl/N-ethyl adjacent to an activating group) is 1. The van der Waals surface area contributed by atoms with E-state index >= 15 is 0 Å². The fourth-order valence-corrected chi connectivity index (χ4v) is 6.06. The van der Waals surface area contributed by atoms with Crippen molar-refractivity contribution in [1.82, 2.24) is 24.6 Å². The third-order valence-corrected chi connectivity index (χ3v) is 8.80. The number of carbonyl (C=O) groups excluding carboxylic acids is 5. The summed E-state index contributed by atoms with van der Waals surface area (Å²) in [5.41, 5.74) is 0.0319. The maximum atomic E-state index is 14.0. The minimum Gasteiger partial charge on any atom is -0.468 e. The molecule has 46 heavy (non-hydrogen) atoms. The van der Waals surface area contributed by atoms with Crippen molar-refractivity contribution in [2.24, 2.45) is 5.92 Å². The topological polar surface area (TPSA) is 130 Å². The molecule has 2 fully saturated rings. The second kappa shape index (κ2) is 14.5. The summed E-state index contributed by atoms with van der Waals surface area (Å²) in [7, 11) is 2.75. The summed E-state index contributed by atoms with van der Waals surface area (Å²) in [5.74, 6) is -2.05. The standard InChI is InChI=1S/C33H46FN5O7/c1-21(36(5)32(44)46-33(2,3)4)29(41)35-28(22-10-8-7-9-11-22)31(43)38-16-14-37(15-17-38)30(42)26-19-23-18-24(34)12-13-25(23)39(26)20-27(40)45-6/h12-13,18-19,21-22,28H,7-11,14-17,20H2,1-6H3,(H,35,41). The zero-order valence-corrected chi connectivity index (χ0v) is 27.6. The van der Waals surface area contributed by atoms with Crippen LogP contribution in [0.4, 0.5) is 9.18 Å². The third kappa shape index (κ3) is 8.16. The van der Waals surface area contributed by atoms with E-state index in [2.05, 4.69) is 5.32 Å². The summed E-state index contributed by atoms with van der Waals surface area (Å²) < 4.78 is 25.7. The van der Waals surface area contributed by atoms with Crippen LogP contribution in [0, 0.1) is 11.7 Å². The van der Waals surface area contributed by atoms with E-state index in [1.54, 1.807) is 43.6 Å². The van der Waals surface area contributed by atoms with Crippen molar-refractivity contribution in [3.63, 3.8) is 0 Å². The van der Waals surface area contributed by atoms with Crippen LogP contribution in [0.15, 0.2) is 24.3 Å². The fraction of sp³-hybridized carbons (Fsp3) is 0.606. The molecule has 1 aliphatic carbocycles. The van der Waals surface area contributed by atoms with Crippen molar-refractivity contribution >= 4 is 40.7 Å². The van der Waals surface area contributed by atoms with E-state index in [1.165, 1.54) is 41.8 Å². The zero-order valence-electron chi connectivity index (χ0n) is 27.6. The Morgan fingerprint density at radius 2 is 1.63 bits per heavy atom. The number of fused-ring (bicyclic) bond motifs is 1. The summed E-state index contributed by atoms with van der Waals surface area (Å²) in [6.45, 7) is 7.61. The molecule has 2 unspecified atom stereocenters. The largest absolute Gasteiger partial charge is 0.468 e. The molecule has 2 aliphatic rings. The van der Waals surface area contributed by atoms with Gasteiger partial charge < -0.3 is 29.2 Å². The van der Waals surface area contributed by atoms with E-state index in [4.69, 9.17) is 9.47 Å². The molecule has 13 heteroatoms. The molecule has 0 radical (unpaired) electrons. The van der Waals surface area contributed by atoms with E-state index in [0.717, 1.165) is 32.1 Å². The highest BCUT2D eigenvalue weighted by Gasteiger charge is 2.38. The monoisotopic (exact) mass is 643 g/mol. The van der Waals surface area contributed by atoms with Gasteiger partial charge in [-0.3, -0.25) is 24.1 Å². The lowest BCUT2D eigenvalue weighted by atomic mass is 9.83. The van der Waals surface area contributed by atoms with Crippen molar-refractivity contribution in [1.29, 1.82) is 0 Å². The molecule has 252 valence electrons. The van der Waals surface area contributed by atoms with Gasteiger partial charge in [0, 0.05) is 44.1 Å². The third-order valence-electron chi connectivity index (χ3n) is 8.80. The Kier molecular flexibility index (Phi) is 10.9. The van der Waals surface area contributed by atoms with Gasteiger partial charge in [-0.25, -0.2) is 9.18 Å². The first-order chi connectivity index (χ1) is 21.7. The van der Waals surface area contributed by atoms with Crippen LogP contribution in [-0.2, 0) is 30.4 Å². The average molecular weight is 644 g/mol. The number of piperazine rings is 1. The summed E-state index contributed by atoms with van der Waals surface area (Å²) in [5, 5.41) is 3.44. The summed E-state index contributed by atoms with van der Waals surface area (Å²) >= 11 is 0. The minimum absolute atomic E-state index is 0.0432. The first-order valence-corrected chi connectivity index (χ1v) is 15.9. The molecule has 0 spiro atoms. The lowest BCUT2D eigenvalue weighted by molar-refractivity contribution is -0.141. The molecule has 1 aromatic carbocycles. The second-order valence-corrected chi connectivity index (χ2v) is 13.2. The smallest absolute Gasteiger partial charge is 0.410 e. The molecule has 1 saturated carbocycles. The van der Waals surface area contributed by atoms with Crippen LogP contribution in [0.3, 0.4) is 0 Å². The number of hydrogen-bond donors (Lipinski definition) is 1. The second-order valence-electron chi connectivity index (χ2n) is 13.2. The maximum Gasteiger partial charge on any atom is 0.410 e. The highest BCUT2D eigenvalue weighted by molar-refractivity contribution is 5.99. The Morgan fingerprint density at radius 1 is 1.00 bits per heavy atom. The molecule has 4 rings (SSSR count).